The molecule has 1 aliphatic carbocycles. The number of amides is 2. The second kappa shape index (κ2) is 11.2. The second-order valence-electron chi connectivity index (χ2n) is 8.15. The number of carbonyl (C=O) groups excluding carboxylic acids is 2. The number of benzene rings is 2. The van der Waals surface area contributed by atoms with Gasteiger partial charge in [-0.3, -0.25) is 9.59 Å². The first-order valence-electron chi connectivity index (χ1n) is 10.8. The van der Waals surface area contributed by atoms with Gasteiger partial charge in [-0.25, -0.2) is 0 Å². The number of thioether (sulfide) groups is 1. The van der Waals surface area contributed by atoms with Crippen molar-refractivity contribution in [2.24, 2.45) is 0 Å². The molecule has 0 bridgehead atoms. The Morgan fingerprint density at radius 3 is 2.37 bits per heavy atom. The molecule has 4 nitrogen and oxygen atoms in total. The minimum absolute atomic E-state index is 0.00466. The molecule has 0 radical (unpaired) electrons. The van der Waals surface area contributed by atoms with Gasteiger partial charge in [0.05, 0.1) is 5.75 Å². The minimum Gasteiger partial charge on any atom is -0.352 e. The van der Waals surface area contributed by atoms with Gasteiger partial charge in [-0.1, -0.05) is 73.0 Å². The van der Waals surface area contributed by atoms with E-state index in [1.165, 1.54) is 24.0 Å². The molecule has 1 fully saturated rings. The van der Waals surface area contributed by atoms with Crippen LogP contribution < -0.4 is 5.32 Å². The van der Waals surface area contributed by atoms with Gasteiger partial charge in [-0.2, -0.15) is 0 Å². The van der Waals surface area contributed by atoms with E-state index in [1.54, 1.807) is 16.7 Å². The minimum atomic E-state index is -0.488. The largest absolute Gasteiger partial charge is 0.352 e. The standard InChI is InChI=1S/C25H32N2O2S/c1-19-12-14-22(15-13-19)17-30-18-24(28)27(16-21-8-4-3-5-9-21)20(2)25(29)26-23-10-6-7-11-23/h3-5,8-9,12-15,20,23H,6-7,10-11,16-18H2,1-2H3,(H,26,29)/t20-/m1/s1. The third kappa shape index (κ3) is 6.63. The molecule has 0 aliphatic heterocycles. The molecule has 0 aromatic heterocycles. The van der Waals surface area contributed by atoms with E-state index < -0.39 is 6.04 Å². The van der Waals surface area contributed by atoms with Crippen molar-refractivity contribution in [3.8, 4) is 0 Å². The van der Waals surface area contributed by atoms with Gasteiger partial charge in [0.25, 0.3) is 0 Å². The van der Waals surface area contributed by atoms with Crippen molar-refractivity contribution in [2.75, 3.05) is 5.75 Å². The van der Waals surface area contributed by atoms with Crippen LogP contribution in [-0.4, -0.2) is 34.6 Å². The molecule has 0 saturated heterocycles. The molecule has 30 heavy (non-hydrogen) atoms. The summed E-state index contributed by atoms with van der Waals surface area (Å²) in [6.07, 6.45) is 4.41. The van der Waals surface area contributed by atoms with E-state index in [-0.39, 0.29) is 17.9 Å². The molecule has 3 rings (SSSR count). The first-order valence-corrected chi connectivity index (χ1v) is 12.0. The van der Waals surface area contributed by atoms with Crippen molar-refractivity contribution in [2.45, 2.75) is 63.9 Å². The Hall–Kier alpha value is -2.27. The van der Waals surface area contributed by atoms with Gasteiger partial charge in [-0.05, 0) is 37.8 Å². The fraction of sp³-hybridized carbons (Fsp3) is 0.440. The molecular formula is C25H32N2O2S. The third-order valence-corrected chi connectivity index (χ3v) is 6.67. The maximum absolute atomic E-state index is 13.1. The van der Waals surface area contributed by atoms with Crippen LogP contribution in [0.4, 0.5) is 0 Å². The molecule has 0 spiro atoms. The Morgan fingerprint density at radius 2 is 1.70 bits per heavy atom. The van der Waals surface area contributed by atoms with Gasteiger partial charge in [-0.15, -0.1) is 11.8 Å². The molecule has 1 saturated carbocycles. The van der Waals surface area contributed by atoms with E-state index in [4.69, 9.17) is 0 Å². The zero-order valence-corrected chi connectivity index (χ0v) is 18.8. The molecule has 5 heteroatoms. The highest BCUT2D eigenvalue weighted by molar-refractivity contribution is 7.99. The number of rotatable bonds is 9. The Kier molecular flexibility index (Phi) is 8.38. The van der Waals surface area contributed by atoms with Crippen molar-refractivity contribution in [3.05, 3.63) is 71.3 Å². The van der Waals surface area contributed by atoms with Crippen LogP contribution in [0, 0.1) is 6.92 Å². The van der Waals surface area contributed by atoms with E-state index in [9.17, 15) is 9.59 Å². The van der Waals surface area contributed by atoms with E-state index >= 15 is 0 Å². The number of hydrogen-bond acceptors (Lipinski definition) is 3. The van der Waals surface area contributed by atoms with Crippen LogP contribution in [0.2, 0.25) is 0 Å². The lowest BCUT2D eigenvalue weighted by Crippen LogP contribution is -2.50. The third-order valence-electron chi connectivity index (χ3n) is 5.68. The van der Waals surface area contributed by atoms with Crippen LogP contribution in [0.1, 0.15) is 49.3 Å². The predicted octanol–water partition coefficient (Wildman–Crippen LogP) is 4.70. The highest BCUT2D eigenvalue weighted by Gasteiger charge is 2.28. The summed E-state index contributed by atoms with van der Waals surface area (Å²) in [4.78, 5) is 27.7. The van der Waals surface area contributed by atoms with Crippen molar-refractivity contribution in [1.82, 2.24) is 10.2 Å². The number of nitrogens with one attached hydrogen (secondary N) is 1. The summed E-state index contributed by atoms with van der Waals surface area (Å²) in [7, 11) is 0. The molecule has 160 valence electrons. The van der Waals surface area contributed by atoms with Gasteiger partial charge in [0.1, 0.15) is 6.04 Å². The summed E-state index contributed by atoms with van der Waals surface area (Å²) in [5.74, 6) is 1.11. The van der Waals surface area contributed by atoms with E-state index in [1.807, 2.05) is 37.3 Å². The van der Waals surface area contributed by atoms with Crippen LogP contribution in [0.5, 0.6) is 0 Å². The SMILES string of the molecule is Cc1ccc(CSCC(=O)N(Cc2ccccc2)[C@H](C)C(=O)NC2CCCC2)cc1. The molecule has 2 aromatic rings. The quantitative estimate of drug-likeness (QED) is 0.634. The lowest BCUT2D eigenvalue weighted by Gasteiger charge is -2.29. The van der Waals surface area contributed by atoms with Crippen molar-refractivity contribution < 1.29 is 9.59 Å². The second-order valence-corrected chi connectivity index (χ2v) is 9.14. The van der Waals surface area contributed by atoms with Crippen molar-refractivity contribution in [3.63, 3.8) is 0 Å². The topological polar surface area (TPSA) is 49.4 Å². The maximum atomic E-state index is 13.1. The zero-order valence-electron chi connectivity index (χ0n) is 18.0. The molecule has 0 unspecified atom stereocenters. The molecule has 1 aliphatic rings. The normalized spacial score (nSPS) is 15.0. The molecule has 2 aromatic carbocycles. The van der Waals surface area contributed by atoms with E-state index in [2.05, 4.69) is 36.5 Å². The Bertz CT molecular complexity index is 817. The smallest absolute Gasteiger partial charge is 0.242 e. The zero-order chi connectivity index (χ0) is 21.3. The molecular weight excluding hydrogens is 392 g/mol. The highest BCUT2D eigenvalue weighted by Crippen LogP contribution is 2.19. The molecule has 0 heterocycles. The highest BCUT2D eigenvalue weighted by atomic mass is 32.2. The lowest BCUT2D eigenvalue weighted by molar-refractivity contribution is -0.138. The number of carbonyl (C=O) groups is 2. The Morgan fingerprint density at radius 1 is 1.03 bits per heavy atom. The first kappa shape index (κ1) is 22.4. The van der Waals surface area contributed by atoms with Crippen LogP contribution in [0.3, 0.4) is 0 Å². The summed E-state index contributed by atoms with van der Waals surface area (Å²) in [5, 5.41) is 3.15. The number of nitrogens with zero attached hydrogens (tertiary/aromatic N) is 1. The summed E-state index contributed by atoms with van der Waals surface area (Å²) in [6, 6.07) is 18.1. The lowest BCUT2D eigenvalue weighted by atomic mass is 10.1. The monoisotopic (exact) mass is 424 g/mol. The van der Waals surface area contributed by atoms with Crippen molar-refractivity contribution in [1.29, 1.82) is 0 Å². The van der Waals surface area contributed by atoms with Gasteiger partial charge in [0, 0.05) is 18.3 Å². The van der Waals surface area contributed by atoms with E-state index in [0.29, 0.717) is 12.3 Å². The van der Waals surface area contributed by atoms with Gasteiger partial charge in [0.15, 0.2) is 0 Å². The maximum Gasteiger partial charge on any atom is 0.242 e. The molecule has 2 amide bonds. The fourth-order valence-electron chi connectivity index (χ4n) is 3.78. The first-order chi connectivity index (χ1) is 14.5. The van der Waals surface area contributed by atoms with Gasteiger partial charge >= 0.3 is 0 Å². The summed E-state index contributed by atoms with van der Waals surface area (Å²) in [5.41, 5.74) is 3.48. The average Bonchev–Trinajstić information content (AvgIpc) is 3.26. The van der Waals surface area contributed by atoms with Crippen LogP contribution >= 0.6 is 11.8 Å². The predicted molar refractivity (Wildman–Crippen MR) is 124 cm³/mol. The molecule has 1 N–H and O–H groups in total. The van der Waals surface area contributed by atoms with Gasteiger partial charge < -0.3 is 10.2 Å². The van der Waals surface area contributed by atoms with Crippen molar-refractivity contribution >= 4 is 23.6 Å². The summed E-state index contributed by atoms with van der Waals surface area (Å²) < 4.78 is 0. The Labute approximate surface area is 184 Å². The van der Waals surface area contributed by atoms with Crippen LogP contribution in [0.15, 0.2) is 54.6 Å². The average molecular weight is 425 g/mol. The molecule has 1 atom stereocenters. The Balaban J connectivity index is 1.62. The summed E-state index contributed by atoms with van der Waals surface area (Å²) >= 11 is 1.60. The van der Waals surface area contributed by atoms with E-state index in [0.717, 1.165) is 24.2 Å². The van der Waals surface area contributed by atoms with Crippen LogP contribution in [0.25, 0.3) is 0 Å². The number of aryl methyl sites for hydroxylation is 1. The summed E-state index contributed by atoms with van der Waals surface area (Å²) in [6.45, 7) is 4.36. The van der Waals surface area contributed by atoms with Gasteiger partial charge in [0.2, 0.25) is 11.8 Å². The number of hydrogen-bond donors (Lipinski definition) is 1. The van der Waals surface area contributed by atoms with Crippen LogP contribution in [-0.2, 0) is 21.9 Å². The fourth-order valence-corrected chi connectivity index (χ4v) is 4.65.